The Bertz CT molecular complexity index is 1880. The van der Waals surface area contributed by atoms with E-state index in [1.807, 2.05) is 64.0 Å². The number of likely N-dealkylation sites (N-methyl/N-ethyl adjacent to an activating group) is 2. The van der Waals surface area contributed by atoms with E-state index in [-0.39, 0.29) is 37.3 Å². The standard InChI is InChI=1S/C49H81ClN4O12/c1-14-38-49(10,60)42(56)31(6)54(12)26-27(2)24-47(8,59)44(29(4)41(30(5)45(58)64-38)65-39-25-48(9,61-13)43(57)32(7)63-39)66-46-40(55)37(22-28(3)62-46)53(11)21-15-19-51-35-18-20-52-36-23-33(50)16-17-34(35)36/h16-18,20,23,27-32,37-44,46,55-57,59-60H,14-15,19,21-22,24-26H2,1-13H3,(H,51,52)/t27-,28-,29+,30-,31-,32+,37+,38-,39+,40-,41+,42-,43+,44-,46+,47-,48-,49-/m1/s1. The zero-order chi connectivity index (χ0) is 49.1. The summed E-state index contributed by atoms with van der Waals surface area (Å²) in [5, 5.41) is 64.6. The molecule has 0 unspecified atom stereocenters. The maximum Gasteiger partial charge on any atom is 0.311 e. The van der Waals surface area contributed by atoms with Gasteiger partial charge in [-0.05, 0) is 125 Å². The maximum atomic E-state index is 14.4. The Morgan fingerprint density at radius 2 is 1.70 bits per heavy atom. The number of esters is 1. The first-order chi connectivity index (χ1) is 30.8. The van der Waals surface area contributed by atoms with Crippen molar-refractivity contribution >= 4 is 34.2 Å². The van der Waals surface area contributed by atoms with Crippen molar-refractivity contribution in [2.75, 3.05) is 46.2 Å². The number of methoxy groups -OCH3 is 1. The predicted molar refractivity (Wildman–Crippen MR) is 253 cm³/mol. The molecule has 66 heavy (non-hydrogen) atoms. The number of carbonyl (C=O) groups is 1. The van der Waals surface area contributed by atoms with E-state index in [0.717, 1.165) is 23.0 Å². The van der Waals surface area contributed by atoms with Crippen molar-refractivity contribution < 1.29 is 58.7 Å². The first-order valence-electron chi connectivity index (χ1n) is 23.9. The van der Waals surface area contributed by atoms with E-state index in [1.165, 1.54) is 14.0 Å². The molecule has 0 spiro atoms. The lowest BCUT2D eigenvalue weighted by atomic mass is 9.77. The molecule has 16 nitrogen and oxygen atoms in total. The Balaban J connectivity index is 1.45. The lowest BCUT2D eigenvalue weighted by Gasteiger charge is -2.49. The first-order valence-corrected chi connectivity index (χ1v) is 24.3. The van der Waals surface area contributed by atoms with Gasteiger partial charge in [-0.15, -0.1) is 0 Å². The number of ether oxygens (including phenoxy) is 6. The highest BCUT2D eigenvalue weighted by molar-refractivity contribution is 6.31. The van der Waals surface area contributed by atoms with Gasteiger partial charge in [-0.1, -0.05) is 32.4 Å². The molecule has 0 bridgehead atoms. The van der Waals surface area contributed by atoms with Crippen LogP contribution in [-0.4, -0.2) is 177 Å². The molecule has 3 aliphatic rings. The number of anilines is 1. The highest BCUT2D eigenvalue weighted by atomic mass is 35.5. The van der Waals surface area contributed by atoms with Crippen molar-refractivity contribution in [3.05, 3.63) is 35.5 Å². The molecular formula is C49H81ClN4O12. The van der Waals surface area contributed by atoms with E-state index < -0.39 is 96.0 Å². The van der Waals surface area contributed by atoms with Gasteiger partial charge in [0.2, 0.25) is 0 Å². The molecule has 3 saturated heterocycles. The largest absolute Gasteiger partial charge is 0.459 e. The molecule has 1 aromatic heterocycles. The van der Waals surface area contributed by atoms with E-state index >= 15 is 0 Å². The Kier molecular flexibility index (Phi) is 18.7. The van der Waals surface area contributed by atoms with Gasteiger partial charge in [0.15, 0.2) is 12.6 Å². The van der Waals surface area contributed by atoms with Crippen LogP contribution in [0.15, 0.2) is 30.5 Å². The van der Waals surface area contributed by atoms with Gasteiger partial charge in [-0.3, -0.25) is 9.78 Å². The van der Waals surface area contributed by atoms with E-state index in [4.69, 9.17) is 40.0 Å². The number of pyridine rings is 1. The van der Waals surface area contributed by atoms with Gasteiger partial charge in [0.1, 0.15) is 30.0 Å². The number of cyclic esters (lactones) is 1. The molecule has 6 N–H and O–H groups in total. The third-order valence-electron chi connectivity index (χ3n) is 14.8. The molecule has 0 radical (unpaired) electrons. The summed E-state index contributed by atoms with van der Waals surface area (Å²) in [4.78, 5) is 22.9. The van der Waals surface area contributed by atoms with Gasteiger partial charge in [0.05, 0.1) is 47.1 Å². The topological polar surface area (TPSA) is 205 Å². The fourth-order valence-electron chi connectivity index (χ4n) is 10.7. The number of nitrogens with one attached hydrogen (secondary N) is 1. The molecule has 17 heteroatoms. The summed E-state index contributed by atoms with van der Waals surface area (Å²) in [7, 11) is 5.33. The Morgan fingerprint density at radius 1 is 1.00 bits per heavy atom. The van der Waals surface area contributed by atoms with Gasteiger partial charge in [-0.2, -0.15) is 0 Å². The molecule has 2 aromatic rings. The number of carbonyl (C=O) groups excluding carboxylic acids is 1. The number of halogens is 1. The highest BCUT2D eigenvalue weighted by Gasteiger charge is 2.53. The molecular weight excluding hydrogens is 872 g/mol. The van der Waals surface area contributed by atoms with Crippen molar-refractivity contribution in [2.24, 2.45) is 17.8 Å². The summed E-state index contributed by atoms with van der Waals surface area (Å²) in [5.74, 6) is -2.72. The number of hydrogen-bond acceptors (Lipinski definition) is 16. The Hall–Kier alpha value is -2.29. The third-order valence-corrected chi connectivity index (χ3v) is 15.1. The van der Waals surface area contributed by atoms with Gasteiger partial charge in [-0.25, -0.2) is 0 Å². The fourth-order valence-corrected chi connectivity index (χ4v) is 10.8. The highest BCUT2D eigenvalue weighted by Crippen LogP contribution is 2.40. The average Bonchev–Trinajstić information content (AvgIpc) is 3.25. The average molecular weight is 954 g/mol. The Labute approximate surface area is 397 Å². The summed E-state index contributed by atoms with van der Waals surface area (Å²) in [6.07, 6.45) is -6.24. The molecule has 1 aromatic carbocycles. The van der Waals surface area contributed by atoms with E-state index in [0.29, 0.717) is 31.1 Å². The van der Waals surface area contributed by atoms with Crippen LogP contribution < -0.4 is 5.32 Å². The van der Waals surface area contributed by atoms with Crippen LogP contribution >= 0.6 is 11.6 Å². The van der Waals surface area contributed by atoms with Crippen molar-refractivity contribution in [1.82, 2.24) is 14.8 Å². The molecule has 0 aliphatic carbocycles. The number of hydrogen-bond donors (Lipinski definition) is 6. The van der Waals surface area contributed by atoms with Crippen LogP contribution in [-0.2, 0) is 33.2 Å². The second-order valence-electron chi connectivity index (χ2n) is 20.5. The minimum absolute atomic E-state index is 0.112. The SMILES string of the molecule is CC[C@H]1OC(=O)[C@H](C)[C@@H](O[C@H]2C[C@@](C)(OC)[C@@H](O)[C@H](C)O2)[C@H](C)[C@@H](O[C@@H]2O[C@H](C)C[C@H](N(C)CCCNc3ccnc4cc(Cl)ccc34)[C@H]2O)[C@](C)(O)C[C@@H](C)CN(C)[C@H](C)[C@@H](O)[C@]1(C)O. The summed E-state index contributed by atoms with van der Waals surface area (Å²) < 4.78 is 38.3. The van der Waals surface area contributed by atoms with E-state index in [9.17, 15) is 30.3 Å². The van der Waals surface area contributed by atoms with E-state index in [2.05, 4.69) is 15.2 Å². The van der Waals surface area contributed by atoms with Crippen LogP contribution in [0.5, 0.6) is 0 Å². The minimum atomic E-state index is -1.83. The zero-order valence-corrected chi connectivity index (χ0v) is 42.3. The molecule has 3 fully saturated rings. The number of rotatable bonds is 12. The van der Waals surface area contributed by atoms with Crippen LogP contribution in [0.4, 0.5) is 5.69 Å². The lowest BCUT2D eigenvalue weighted by Crippen LogP contribution is -2.61. The van der Waals surface area contributed by atoms with Crippen molar-refractivity contribution in [3.8, 4) is 0 Å². The van der Waals surface area contributed by atoms with Crippen molar-refractivity contribution in [3.63, 3.8) is 0 Å². The molecule has 3 aliphatic heterocycles. The minimum Gasteiger partial charge on any atom is -0.459 e. The molecule has 376 valence electrons. The predicted octanol–water partition coefficient (Wildman–Crippen LogP) is 4.97. The summed E-state index contributed by atoms with van der Waals surface area (Å²) in [6, 6.07) is 6.65. The number of aromatic nitrogens is 1. The van der Waals surface area contributed by atoms with Gasteiger partial charge < -0.3 is 69.1 Å². The van der Waals surface area contributed by atoms with Gasteiger partial charge in [0, 0.05) is 66.9 Å². The van der Waals surface area contributed by atoms with Crippen LogP contribution in [0.2, 0.25) is 5.02 Å². The second kappa shape index (κ2) is 22.6. The van der Waals surface area contributed by atoms with Crippen molar-refractivity contribution in [2.45, 2.75) is 192 Å². The van der Waals surface area contributed by atoms with Gasteiger partial charge in [0.25, 0.3) is 0 Å². The van der Waals surface area contributed by atoms with Crippen LogP contribution in [0, 0.1) is 17.8 Å². The summed E-state index contributed by atoms with van der Waals surface area (Å²) >= 11 is 6.21. The van der Waals surface area contributed by atoms with Gasteiger partial charge >= 0.3 is 5.97 Å². The molecule has 4 heterocycles. The Morgan fingerprint density at radius 3 is 2.36 bits per heavy atom. The normalized spacial score (nSPS) is 41.6. The quantitative estimate of drug-likeness (QED) is 0.123. The number of fused-ring (bicyclic) bond motifs is 1. The summed E-state index contributed by atoms with van der Waals surface area (Å²) in [5.41, 5.74) is -2.72. The number of aliphatic hydroxyl groups is 5. The van der Waals surface area contributed by atoms with E-state index in [1.54, 1.807) is 47.7 Å². The molecule has 5 rings (SSSR count). The van der Waals surface area contributed by atoms with Crippen LogP contribution in [0.3, 0.4) is 0 Å². The van der Waals surface area contributed by atoms with Crippen LogP contribution in [0.1, 0.15) is 101 Å². The lowest BCUT2D eigenvalue weighted by molar-refractivity contribution is -0.318. The number of aliphatic hydroxyl groups excluding tert-OH is 3. The number of benzene rings is 1. The molecule has 0 amide bonds. The fraction of sp³-hybridized carbons (Fsp3) is 0.796. The number of nitrogens with zero attached hydrogens (tertiary/aromatic N) is 3. The van der Waals surface area contributed by atoms with Crippen LogP contribution in [0.25, 0.3) is 10.9 Å². The molecule has 0 saturated carbocycles. The third kappa shape index (κ3) is 12.5. The van der Waals surface area contributed by atoms with Crippen molar-refractivity contribution in [1.29, 1.82) is 0 Å². The molecule has 18 atom stereocenters. The monoisotopic (exact) mass is 953 g/mol. The smallest absolute Gasteiger partial charge is 0.311 e. The zero-order valence-electron chi connectivity index (χ0n) is 41.5. The maximum absolute atomic E-state index is 14.4. The second-order valence-corrected chi connectivity index (χ2v) is 20.9. The first kappa shape index (κ1) is 54.6. The summed E-state index contributed by atoms with van der Waals surface area (Å²) in [6.45, 7) is 19.4.